The van der Waals surface area contributed by atoms with Gasteiger partial charge in [-0.1, -0.05) is 37.6 Å². The van der Waals surface area contributed by atoms with E-state index in [1.165, 1.54) is 12.3 Å². The normalized spacial score (nSPS) is 11.5. The molecule has 0 spiro atoms. The molecule has 0 saturated heterocycles. The molecule has 3 rings (SSSR count). The van der Waals surface area contributed by atoms with Gasteiger partial charge in [-0.3, -0.25) is 4.79 Å². The zero-order valence-corrected chi connectivity index (χ0v) is 21.5. The number of ether oxygens (including phenoxy) is 3. The number of nitrogens with one attached hydrogen (secondary N) is 1. The minimum Gasteiger partial charge on any atom is -0.499 e. The Morgan fingerprint density at radius 3 is 2.61 bits per heavy atom. The third-order valence-corrected chi connectivity index (χ3v) is 5.39. The number of aryl methyl sites for hydroxylation is 1. The van der Waals surface area contributed by atoms with Gasteiger partial charge in [-0.2, -0.15) is 0 Å². The van der Waals surface area contributed by atoms with Gasteiger partial charge in [-0.25, -0.2) is 4.98 Å². The van der Waals surface area contributed by atoms with Crippen molar-refractivity contribution in [1.29, 1.82) is 0 Å². The molecule has 0 saturated carbocycles. The summed E-state index contributed by atoms with van der Waals surface area (Å²) in [5, 5.41) is 11.1. The molecule has 0 aliphatic rings. The number of imidazole rings is 1. The summed E-state index contributed by atoms with van der Waals surface area (Å²) in [4.78, 5) is 16.8. The number of nitrogens with zero attached hydrogens (tertiary/aromatic N) is 4. The van der Waals surface area contributed by atoms with Crippen LogP contribution in [0, 0.1) is 0 Å². The van der Waals surface area contributed by atoms with E-state index in [2.05, 4.69) is 27.0 Å². The number of nitrogens with two attached hydrogens (primary N) is 1. The zero-order chi connectivity index (χ0) is 25.9. The van der Waals surface area contributed by atoms with Crippen LogP contribution in [0.25, 0.3) is 11.0 Å². The Morgan fingerprint density at radius 1 is 1.17 bits per heavy atom. The summed E-state index contributed by atoms with van der Waals surface area (Å²) in [5.41, 5.74) is 9.58. The number of hydrogen-bond donors (Lipinski definition) is 2. The lowest BCUT2D eigenvalue weighted by atomic mass is 10.1. The minimum atomic E-state index is -0.224. The number of aromatic nitrogens is 4. The van der Waals surface area contributed by atoms with E-state index >= 15 is 0 Å². The third kappa shape index (κ3) is 7.42. The predicted octanol–water partition coefficient (Wildman–Crippen LogP) is 3.38. The molecule has 0 fully saturated rings. The molecule has 0 radical (unpaired) electrons. The van der Waals surface area contributed by atoms with Gasteiger partial charge in [0.2, 0.25) is 5.91 Å². The first kappa shape index (κ1) is 26.9. The molecular formula is C26H36N6O4. The number of anilines is 1. The van der Waals surface area contributed by atoms with Crippen LogP contribution in [0.5, 0.6) is 5.88 Å². The Balaban J connectivity index is 1.75. The lowest BCUT2D eigenvalue weighted by Crippen LogP contribution is -2.20. The number of fused-ring (bicyclic) bond motifs is 1. The zero-order valence-electron chi connectivity index (χ0n) is 21.5. The highest BCUT2D eigenvalue weighted by Gasteiger charge is 2.20. The van der Waals surface area contributed by atoms with Crippen molar-refractivity contribution in [3.05, 3.63) is 53.6 Å². The van der Waals surface area contributed by atoms with Crippen molar-refractivity contribution in [3.8, 4) is 5.88 Å². The van der Waals surface area contributed by atoms with Gasteiger partial charge >= 0.3 is 0 Å². The molecule has 1 amide bonds. The molecule has 10 heteroatoms. The fourth-order valence-corrected chi connectivity index (χ4v) is 3.59. The lowest BCUT2D eigenvalue weighted by Gasteiger charge is -2.14. The van der Waals surface area contributed by atoms with Crippen molar-refractivity contribution >= 4 is 22.8 Å². The molecule has 194 valence electrons. The van der Waals surface area contributed by atoms with Crippen molar-refractivity contribution in [2.75, 3.05) is 26.1 Å². The predicted molar refractivity (Wildman–Crippen MR) is 138 cm³/mol. The van der Waals surface area contributed by atoms with E-state index in [-0.39, 0.29) is 12.0 Å². The minimum absolute atomic E-state index is 0.0603. The van der Waals surface area contributed by atoms with E-state index in [1.54, 1.807) is 7.11 Å². The summed E-state index contributed by atoms with van der Waals surface area (Å²) in [6, 6.07) is 8.08. The quantitative estimate of drug-likeness (QED) is 0.198. The number of carbonyl (C=O) groups excluding carboxylic acids is 1. The van der Waals surface area contributed by atoms with Gasteiger partial charge in [-0.15, -0.1) is 10.2 Å². The summed E-state index contributed by atoms with van der Waals surface area (Å²) in [7, 11) is 1.59. The van der Waals surface area contributed by atoms with Crippen LogP contribution in [0.4, 0.5) is 5.82 Å². The van der Waals surface area contributed by atoms with Crippen molar-refractivity contribution in [2.24, 2.45) is 0 Å². The Hall–Kier alpha value is -3.66. The van der Waals surface area contributed by atoms with Crippen molar-refractivity contribution in [2.45, 2.75) is 59.2 Å². The van der Waals surface area contributed by atoms with E-state index in [9.17, 15) is 4.79 Å². The smallest absolute Gasteiger partial charge is 0.260 e. The van der Waals surface area contributed by atoms with Gasteiger partial charge in [0.15, 0.2) is 5.82 Å². The maximum atomic E-state index is 12.0. The third-order valence-electron chi connectivity index (χ3n) is 5.39. The van der Waals surface area contributed by atoms with Gasteiger partial charge in [0.1, 0.15) is 23.5 Å². The van der Waals surface area contributed by atoms with Crippen LogP contribution in [0.1, 0.15) is 50.6 Å². The maximum absolute atomic E-state index is 12.0. The molecule has 0 unspecified atom stereocenters. The van der Waals surface area contributed by atoms with E-state index in [0.29, 0.717) is 43.5 Å². The summed E-state index contributed by atoms with van der Waals surface area (Å²) < 4.78 is 18.1. The van der Waals surface area contributed by atoms with E-state index in [4.69, 9.17) is 24.9 Å². The second-order valence-corrected chi connectivity index (χ2v) is 8.67. The number of amides is 1. The van der Waals surface area contributed by atoms with Crippen LogP contribution in [0.15, 0.2) is 36.6 Å². The second kappa shape index (κ2) is 13.4. The summed E-state index contributed by atoms with van der Waals surface area (Å²) >= 11 is 0. The molecule has 0 aliphatic carbocycles. The van der Waals surface area contributed by atoms with Crippen LogP contribution in [0.2, 0.25) is 0 Å². The first-order chi connectivity index (χ1) is 17.4. The first-order valence-corrected chi connectivity index (χ1v) is 12.2. The van der Waals surface area contributed by atoms with Gasteiger partial charge in [-0.05, 0) is 31.4 Å². The molecule has 2 aromatic heterocycles. The summed E-state index contributed by atoms with van der Waals surface area (Å²) in [6.07, 6.45) is 5.55. The van der Waals surface area contributed by atoms with Crippen LogP contribution in [-0.4, -0.2) is 52.1 Å². The number of hydrogen-bond acceptors (Lipinski definition) is 8. The number of unbranched alkanes of at least 4 members (excludes halogenated alkanes) is 1. The molecule has 0 aliphatic heterocycles. The number of rotatable bonds is 14. The van der Waals surface area contributed by atoms with Crippen LogP contribution in [0.3, 0.4) is 0 Å². The van der Waals surface area contributed by atoms with Gasteiger partial charge in [0, 0.05) is 32.7 Å². The Kier molecular flexibility index (Phi) is 10.1. The van der Waals surface area contributed by atoms with Crippen molar-refractivity contribution in [3.63, 3.8) is 0 Å². The van der Waals surface area contributed by atoms with Crippen molar-refractivity contribution in [1.82, 2.24) is 25.1 Å². The molecule has 0 atom stereocenters. The Morgan fingerprint density at radius 2 is 1.92 bits per heavy atom. The largest absolute Gasteiger partial charge is 0.499 e. The average molecular weight is 497 g/mol. The van der Waals surface area contributed by atoms with E-state index < -0.39 is 0 Å². The molecule has 10 nitrogen and oxygen atoms in total. The number of nitrogen functional groups attached to an aromatic ring is 1. The fourth-order valence-electron chi connectivity index (χ4n) is 3.59. The molecule has 1 aromatic carbocycles. The maximum Gasteiger partial charge on any atom is 0.260 e. The van der Waals surface area contributed by atoms with Gasteiger partial charge in [0.25, 0.3) is 5.88 Å². The monoisotopic (exact) mass is 496 g/mol. The van der Waals surface area contributed by atoms with Gasteiger partial charge < -0.3 is 29.8 Å². The molecule has 36 heavy (non-hydrogen) atoms. The standard InChI is InChI=1S/C26H36N6O4/c1-5-6-7-21-29-23-24(26(36-18(2)3)31-30-25(23)27)32(21)17-20-10-8-19(9-11-20)16-28-22(33)12-13-35-15-14-34-4/h8-13,18H,5-7,14-17H2,1-4H3,(H2,27,30)(H,28,33). The molecule has 2 heterocycles. The van der Waals surface area contributed by atoms with Gasteiger partial charge in [0.05, 0.1) is 19.0 Å². The van der Waals surface area contributed by atoms with E-state index in [0.717, 1.165) is 41.7 Å². The Bertz CT molecular complexity index is 1160. The van der Waals surface area contributed by atoms with E-state index in [1.807, 2.05) is 38.1 Å². The first-order valence-electron chi connectivity index (χ1n) is 12.2. The summed E-state index contributed by atoms with van der Waals surface area (Å²) in [6.45, 7) is 7.92. The average Bonchev–Trinajstić information content (AvgIpc) is 3.22. The molecule has 0 bridgehead atoms. The van der Waals surface area contributed by atoms with Crippen LogP contribution >= 0.6 is 0 Å². The highest BCUT2D eigenvalue weighted by Crippen LogP contribution is 2.29. The Labute approximate surface area is 211 Å². The molecular weight excluding hydrogens is 460 g/mol. The van der Waals surface area contributed by atoms with Crippen LogP contribution < -0.4 is 15.8 Å². The molecule has 3 aromatic rings. The van der Waals surface area contributed by atoms with Crippen molar-refractivity contribution < 1.29 is 19.0 Å². The number of benzene rings is 1. The van der Waals surface area contributed by atoms with Crippen LogP contribution in [-0.2, 0) is 33.8 Å². The highest BCUT2D eigenvalue weighted by atomic mass is 16.5. The summed E-state index contributed by atoms with van der Waals surface area (Å²) in [5.74, 6) is 1.43. The molecule has 3 N–H and O–H groups in total. The fraction of sp³-hybridized carbons (Fsp3) is 0.462. The lowest BCUT2D eigenvalue weighted by molar-refractivity contribution is -0.116. The second-order valence-electron chi connectivity index (χ2n) is 8.67. The number of carbonyl (C=O) groups is 1. The SMILES string of the molecule is CCCCc1nc2c(N)nnc(OC(C)C)c2n1Cc1ccc(CNC(=O)C=COCCOC)cc1. The highest BCUT2D eigenvalue weighted by molar-refractivity contribution is 5.89. The topological polar surface area (TPSA) is 126 Å². The number of methoxy groups -OCH3 is 1.